The van der Waals surface area contributed by atoms with Gasteiger partial charge >= 0.3 is 5.97 Å². The van der Waals surface area contributed by atoms with Crippen LogP contribution in [0.3, 0.4) is 0 Å². The number of fused-ring (bicyclic) bond motifs is 1. The van der Waals surface area contributed by atoms with E-state index < -0.39 is 0 Å². The molecule has 0 atom stereocenters. The second-order valence-corrected chi connectivity index (χ2v) is 4.53. The number of carbonyl (C=O) groups is 1. The first-order valence-electron chi connectivity index (χ1n) is 4.46. The lowest BCUT2D eigenvalue weighted by Gasteiger charge is -1.94. The minimum Gasteiger partial charge on any atom is -0.465 e. The SMILES string of the molecule is COC(=O)c1cc2cc(CS)ccc2s1. The molecule has 1 aromatic carbocycles. The predicted molar refractivity (Wildman–Crippen MR) is 65.9 cm³/mol. The lowest BCUT2D eigenvalue weighted by atomic mass is 10.2. The molecular weight excluding hydrogens is 228 g/mol. The Morgan fingerprint density at radius 3 is 2.93 bits per heavy atom. The molecule has 0 fully saturated rings. The van der Waals surface area contributed by atoms with Crippen molar-refractivity contribution in [3.8, 4) is 0 Å². The number of esters is 1. The van der Waals surface area contributed by atoms with Crippen LogP contribution in [0.15, 0.2) is 24.3 Å². The summed E-state index contributed by atoms with van der Waals surface area (Å²) in [6.45, 7) is 0. The van der Waals surface area contributed by atoms with Crippen molar-refractivity contribution in [1.29, 1.82) is 0 Å². The van der Waals surface area contributed by atoms with Crippen LogP contribution in [0.25, 0.3) is 10.1 Å². The van der Waals surface area contributed by atoms with E-state index >= 15 is 0 Å². The fourth-order valence-corrected chi connectivity index (χ4v) is 2.55. The Kier molecular flexibility index (Phi) is 2.98. The molecule has 0 radical (unpaired) electrons. The Bertz CT molecular complexity index is 502. The quantitative estimate of drug-likeness (QED) is 0.642. The van der Waals surface area contributed by atoms with Gasteiger partial charge in [-0.25, -0.2) is 4.79 Å². The topological polar surface area (TPSA) is 26.3 Å². The van der Waals surface area contributed by atoms with Crippen LogP contribution in [0.5, 0.6) is 0 Å². The van der Waals surface area contributed by atoms with Crippen LogP contribution in [0.1, 0.15) is 15.2 Å². The van der Waals surface area contributed by atoms with E-state index in [1.54, 1.807) is 0 Å². The molecule has 78 valence electrons. The summed E-state index contributed by atoms with van der Waals surface area (Å²) in [6, 6.07) is 7.94. The molecule has 0 aliphatic rings. The Morgan fingerprint density at radius 1 is 1.47 bits per heavy atom. The van der Waals surface area contributed by atoms with Crippen molar-refractivity contribution in [1.82, 2.24) is 0 Å². The molecule has 1 heterocycles. The summed E-state index contributed by atoms with van der Waals surface area (Å²) in [4.78, 5) is 12.0. The van der Waals surface area contributed by atoms with Crippen LogP contribution in [0, 0.1) is 0 Å². The van der Waals surface area contributed by atoms with Gasteiger partial charge < -0.3 is 4.74 Å². The maximum atomic E-state index is 11.3. The molecule has 0 bridgehead atoms. The number of thiophene rings is 1. The second kappa shape index (κ2) is 4.24. The van der Waals surface area contributed by atoms with Gasteiger partial charge in [0.25, 0.3) is 0 Å². The number of hydrogen-bond acceptors (Lipinski definition) is 4. The van der Waals surface area contributed by atoms with Gasteiger partial charge in [0.2, 0.25) is 0 Å². The van der Waals surface area contributed by atoms with Crippen molar-refractivity contribution in [2.45, 2.75) is 5.75 Å². The predicted octanol–water partition coefficient (Wildman–Crippen LogP) is 3.12. The number of carbonyl (C=O) groups excluding carboxylic acids is 1. The number of hydrogen-bond donors (Lipinski definition) is 1. The molecule has 0 aliphatic carbocycles. The third kappa shape index (κ3) is 2.01. The van der Waals surface area contributed by atoms with Gasteiger partial charge in [-0.3, -0.25) is 0 Å². The molecule has 0 amide bonds. The van der Waals surface area contributed by atoms with Gasteiger partial charge in [0, 0.05) is 10.5 Å². The summed E-state index contributed by atoms with van der Waals surface area (Å²) in [6.07, 6.45) is 0. The van der Waals surface area contributed by atoms with Gasteiger partial charge in [0.1, 0.15) is 4.88 Å². The standard InChI is InChI=1S/C11H10O2S2/c1-13-11(12)10-5-8-4-7(6-14)2-3-9(8)15-10/h2-5,14H,6H2,1H3. The van der Waals surface area contributed by atoms with Crippen LogP contribution in [-0.2, 0) is 10.5 Å². The van der Waals surface area contributed by atoms with Gasteiger partial charge in [0.15, 0.2) is 0 Å². The number of rotatable bonds is 2. The minimum atomic E-state index is -0.274. The summed E-state index contributed by atoms with van der Waals surface area (Å²) in [5, 5.41) is 1.08. The van der Waals surface area contributed by atoms with Crippen molar-refractivity contribution >= 4 is 40.0 Å². The highest BCUT2D eigenvalue weighted by Crippen LogP contribution is 2.27. The summed E-state index contributed by atoms with van der Waals surface area (Å²) >= 11 is 5.66. The first kappa shape index (κ1) is 10.5. The van der Waals surface area contributed by atoms with Crippen molar-refractivity contribution in [2.24, 2.45) is 0 Å². The van der Waals surface area contributed by atoms with E-state index in [9.17, 15) is 4.79 Å². The first-order chi connectivity index (χ1) is 7.24. The fraction of sp³-hybridized carbons (Fsp3) is 0.182. The van der Waals surface area contributed by atoms with Gasteiger partial charge in [-0.2, -0.15) is 12.6 Å². The van der Waals surface area contributed by atoms with Gasteiger partial charge in [-0.1, -0.05) is 6.07 Å². The van der Waals surface area contributed by atoms with E-state index in [-0.39, 0.29) is 5.97 Å². The lowest BCUT2D eigenvalue weighted by molar-refractivity contribution is 0.0606. The maximum Gasteiger partial charge on any atom is 0.348 e. The smallest absolute Gasteiger partial charge is 0.348 e. The summed E-state index contributed by atoms with van der Waals surface area (Å²) in [5.74, 6) is 0.433. The van der Waals surface area contributed by atoms with Crippen LogP contribution in [-0.4, -0.2) is 13.1 Å². The minimum absolute atomic E-state index is 0.274. The average molecular weight is 238 g/mol. The van der Waals surface area contributed by atoms with Gasteiger partial charge in [-0.15, -0.1) is 11.3 Å². The van der Waals surface area contributed by atoms with Crippen LogP contribution < -0.4 is 0 Å². The van der Waals surface area contributed by atoms with Crippen molar-refractivity contribution < 1.29 is 9.53 Å². The second-order valence-electron chi connectivity index (χ2n) is 3.13. The first-order valence-corrected chi connectivity index (χ1v) is 5.91. The molecule has 0 aliphatic heterocycles. The molecule has 4 heteroatoms. The zero-order valence-electron chi connectivity index (χ0n) is 8.19. The van der Waals surface area contributed by atoms with Crippen molar-refractivity contribution in [3.05, 3.63) is 34.7 Å². The molecule has 2 nitrogen and oxygen atoms in total. The van der Waals surface area contributed by atoms with Crippen LogP contribution >= 0.6 is 24.0 Å². The van der Waals surface area contributed by atoms with Gasteiger partial charge in [-0.05, 0) is 29.1 Å². The Hall–Kier alpha value is -1.00. The Morgan fingerprint density at radius 2 is 2.27 bits per heavy atom. The number of ether oxygens (including phenoxy) is 1. The van der Waals surface area contributed by atoms with E-state index in [4.69, 9.17) is 0 Å². The molecular formula is C11H10O2S2. The van der Waals surface area contributed by atoms with E-state index in [0.29, 0.717) is 10.6 Å². The zero-order chi connectivity index (χ0) is 10.8. The van der Waals surface area contributed by atoms with Crippen LogP contribution in [0.4, 0.5) is 0 Å². The number of thiol groups is 1. The molecule has 15 heavy (non-hydrogen) atoms. The maximum absolute atomic E-state index is 11.3. The molecule has 0 saturated heterocycles. The molecule has 0 spiro atoms. The normalized spacial score (nSPS) is 10.5. The molecule has 2 aromatic rings. The van der Waals surface area contributed by atoms with Crippen molar-refractivity contribution in [2.75, 3.05) is 7.11 Å². The van der Waals surface area contributed by atoms with E-state index in [2.05, 4.69) is 17.4 Å². The molecule has 0 N–H and O–H groups in total. The Labute approximate surface area is 97.3 Å². The highest BCUT2D eigenvalue weighted by molar-refractivity contribution is 7.79. The van der Waals surface area contributed by atoms with Crippen LogP contribution in [0.2, 0.25) is 0 Å². The molecule has 1 aromatic heterocycles. The zero-order valence-corrected chi connectivity index (χ0v) is 9.90. The van der Waals surface area contributed by atoms with E-state index in [1.807, 2.05) is 24.3 Å². The number of methoxy groups -OCH3 is 1. The van der Waals surface area contributed by atoms with Crippen molar-refractivity contribution in [3.63, 3.8) is 0 Å². The summed E-state index contributed by atoms with van der Waals surface area (Å²) in [7, 11) is 1.39. The largest absolute Gasteiger partial charge is 0.465 e. The Balaban J connectivity index is 2.51. The third-order valence-electron chi connectivity index (χ3n) is 2.15. The highest BCUT2D eigenvalue weighted by atomic mass is 32.1. The third-order valence-corrected chi connectivity index (χ3v) is 3.61. The molecule has 0 unspecified atom stereocenters. The monoisotopic (exact) mass is 238 g/mol. The van der Waals surface area contributed by atoms with Gasteiger partial charge in [0.05, 0.1) is 7.11 Å². The number of benzene rings is 1. The summed E-state index contributed by atoms with van der Waals surface area (Å²) in [5.41, 5.74) is 1.15. The van der Waals surface area contributed by atoms with E-state index in [1.165, 1.54) is 18.4 Å². The molecule has 2 rings (SSSR count). The average Bonchev–Trinajstić information content (AvgIpc) is 2.70. The lowest BCUT2D eigenvalue weighted by Crippen LogP contribution is -1.96. The van der Waals surface area contributed by atoms with E-state index in [0.717, 1.165) is 15.6 Å². The molecule has 0 saturated carbocycles. The summed E-state index contributed by atoms with van der Waals surface area (Å²) < 4.78 is 5.78. The fourth-order valence-electron chi connectivity index (χ4n) is 1.39. The highest BCUT2D eigenvalue weighted by Gasteiger charge is 2.09.